The monoisotopic (exact) mass is 131 g/mol. The Morgan fingerprint density at radius 2 is 2.22 bits per heavy atom. The average molecular weight is 131 g/mol. The number of rotatable bonds is 0. The van der Waals surface area contributed by atoms with Crippen molar-refractivity contribution in [3.05, 3.63) is 23.3 Å². The predicted molar refractivity (Wildman–Crippen MR) is 36.2 cm³/mol. The molecule has 0 aliphatic rings. The molecule has 1 rings (SSSR count). The zero-order valence-electron chi connectivity index (χ0n) is 13.5. The Labute approximate surface area is 67.6 Å². The third-order valence-corrected chi connectivity index (χ3v) is 0.772. The molecule has 0 saturated carbocycles. The molecule has 0 saturated heterocycles. The largest absolute Gasteiger partial charge is 0.258 e. The third-order valence-electron chi connectivity index (χ3n) is 0.772. The van der Waals surface area contributed by atoms with E-state index in [-0.39, 0.29) is 0 Å². The summed E-state index contributed by atoms with van der Waals surface area (Å²) in [7, 11) is 0. The van der Waals surface area contributed by atoms with Crippen molar-refractivity contribution >= 4 is 0 Å². The van der Waals surface area contributed by atoms with E-state index in [0.717, 1.165) is 6.20 Å². The normalized spacial score (nSPS) is 28.7. The lowest BCUT2D eigenvalue weighted by atomic mass is 10.3. The molecule has 0 amide bonds. The predicted octanol–water partition coefficient (Wildman–Crippen LogP) is 1.40. The van der Waals surface area contributed by atoms with Gasteiger partial charge in [-0.05, 0) is 20.6 Å². The van der Waals surface area contributed by atoms with Crippen LogP contribution in [0.1, 0.15) is 29.4 Å². The second-order valence-corrected chi connectivity index (χ2v) is 1.45. The summed E-state index contributed by atoms with van der Waals surface area (Å²) < 4.78 is 64.4. The first-order valence-electron chi connectivity index (χ1n) is 6.72. The molecule has 0 aliphatic heterocycles. The summed E-state index contributed by atoms with van der Waals surface area (Å²) in [5.41, 5.74) is -2.03. The fraction of sp³-hybridized carbons (Fsp3) is 0.429. The average Bonchev–Trinajstić information content (AvgIpc) is 2.12. The second kappa shape index (κ2) is 2.13. The zero-order chi connectivity index (χ0) is 14.4. The van der Waals surface area contributed by atoms with Gasteiger partial charge in [-0.1, -0.05) is 0 Å². The van der Waals surface area contributed by atoms with Gasteiger partial charge in [0.05, 0.1) is 17.1 Å². The minimum absolute atomic E-state index is 0.540. The molecule has 0 fully saturated rings. The van der Waals surface area contributed by atoms with Crippen LogP contribution in [0.4, 0.5) is 0 Å². The van der Waals surface area contributed by atoms with Crippen molar-refractivity contribution in [2.75, 3.05) is 0 Å². The van der Waals surface area contributed by atoms with E-state index in [1.54, 1.807) is 0 Å². The van der Waals surface area contributed by atoms with Crippen LogP contribution >= 0.6 is 0 Å². The van der Waals surface area contributed by atoms with Crippen molar-refractivity contribution in [2.24, 2.45) is 0 Å². The maximum Gasteiger partial charge on any atom is 0.0588 e. The highest BCUT2D eigenvalue weighted by atomic mass is 14.8. The Bertz CT molecular complexity index is 442. The Kier molecular flexibility index (Phi) is 0.329. The van der Waals surface area contributed by atoms with Gasteiger partial charge < -0.3 is 0 Å². The van der Waals surface area contributed by atoms with Gasteiger partial charge in [0.15, 0.2) is 0 Å². The second-order valence-electron chi connectivity index (χ2n) is 1.45. The van der Waals surface area contributed by atoms with E-state index in [4.69, 9.17) is 12.3 Å². The molecule has 0 N–H and O–H groups in total. The zero-order valence-corrected chi connectivity index (χ0v) is 4.47. The molecule has 9 heavy (non-hydrogen) atoms. The quantitative estimate of drug-likeness (QED) is 0.532. The van der Waals surface area contributed by atoms with E-state index < -0.39 is 37.6 Å². The first kappa shape index (κ1) is 1.39. The highest BCUT2D eigenvalue weighted by Gasteiger charge is 1.92. The van der Waals surface area contributed by atoms with Crippen LogP contribution in [0.3, 0.4) is 0 Å². The van der Waals surface area contributed by atoms with Gasteiger partial charge in [0.25, 0.3) is 0 Å². The molecule has 2 nitrogen and oxygen atoms in total. The summed E-state index contributed by atoms with van der Waals surface area (Å²) in [6.07, 6.45) is 0.768. The number of hydrogen-bond donors (Lipinski definition) is 0. The van der Waals surface area contributed by atoms with Crippen LogP contribution in [0, 0.1) is 20.6 Å². The Hall–Kier alpha value is -0.920. The van der Waals surface area contributed by atoms with E-state index in [9.17, 15) is 0 Å². The van der Waals surface area contributed by atoms with E-state index >= 15 is 0 Å². The first-order valence-corrected chi connectivity index (χ1v) is 2.22. The molecule has 0 unspecified atom stereocenters. The summed E-state index contributed by atoms with van der Waals surface area (Å²) in [4.78, 5) is 6.87. The van der Waals surface area contributed by atoms with Crippen LogP contribution in [-0.2, 0) is 0 Å². The van der Waals surface area contributed by atoms with Crippen molar-refractivity contribution in [1.29, 1.82) is 0 Å². The van der Waals surface area contributed by atoms with Gasteiger partial charge in [0.2, 0.25) is 0 Å². The Morgan fingerprint density at radius 1 is 1.33 bits per heavy atom. The molecular formula is C7H10N2. The van der Waals surface area contributed by atoms with E-state index in [1.165, 1.54) is 0 Å². The van der Waals surface area contributed by atoms with Gasteiger partial charge >= 0.3 is 0 Å². The molecule has 1 aromatic heterocycles. The molecule has 0 radical (unpaired) electrons. The third kappa shape index (κ3) is 1.25. The molecule has 1 aromatic rings. The first-order chi connectivity index (χ1) is 7.83. The maximum atomic E-state index is 7.19. The van der Waals surface area contributed by atoms with Crippen LogP contribution in [0.15, 0.2) is 6.20 Å². The van der Waals surface area contributed by atoms with Gasteiger partial charge in [-0.15, -0.1) is 0 Å². The Morgan fingerprint density at radius 3 is 2.89 bits per heavy atom. The van der Waals surface area contributed by atoms with Crippen LogP contribution in [0.5, 0.6) is 0 Å². The standard InChI is InChI=1S/C7H10N2/c1-5-4-8-6(2)7(3)9-5/h4H,1-3H3/i1D3,2D3,3D3. The Balaban J connectivity index is 3.50. The SMILES string of the molecule is [2H]C([2H])([2H])c1cnc(C([2H])([2H])[2H])c(C([2H])([2H])[2H])n1. The van der Waals surface area contributed by atoms with Crippen LogP contribution in [0.2, 0.25) is 0 Å². The van der Waals surface area contributed by atoms with Crippen LogP contribution in [0.25, 0.3) is 0 Å². The van der Waals surface area contributed by atoms with Crippen molar-refractivity contribution in [3.8, 4) is 0 Å². The van der Waals surface area contributed by atoms with Crippen molar-refractivity contribution in [3.63, 3.8) is 0 Å². The van der Waals surface area contributed by atoms with Gasteiger partial charge in [-0.3, -0.25) is 9.97 Å². The molecular weight excluding hydrogens is 112 g/mol. The summed E-state index contributed by atoms with van der Waals surface area (Å²) in [6.45, 7) is -8.23. The molecule has 48 valence electrons. The molecule has 0 aromatic carbocycles. The summed E-state index contributed by atoms with van der Waals surface area (Å²) in [5.74, 6) is 0. The number of aryl methyl sites for hydroxylation is 3. The van der Waals surface area contributed by atoms with Gasteiger partial charge in [-0.2, -0.15) is 0 Å². The minimum atomic E-state index is -2.84. The molecule has 0 atom stereocenters. The lowest BCUT2D eigenvalue weighted by Crippen LogP contribution is -1.92. The van der Waals surface area contributed by atoms with Crippen molar-refractivity contribution < 1.29 is 12.3 Å². The fourth-order valence-electron chi connectivity index (χ4n) is 0.389. The van der Waals surface area contributed by atoms with E-state index in [2.05, 4.69) is 9.97 Å². The molecule has 0 spiro atoms. The summed E-state index contributed by atoms with van der Waals surface area (Å²) in [6, 6.07) is 0. The fourth-order valence-corrected chi connectivity index (χ4v) is 0.389. The molecule has 2 heteroatoms. The lowest BCUT2D eigenvalue weighted by Gasteiger charge is -1.96. The smallest absolute Gasteiger partial charge is 0.0588 e. The van der Waals surface area contributed by atoms with E-state index in [0.29, 0.717) is 0 Å². The van der Waals surface area contributed by atoms with Crippen molar-refractivity contribution in [2.45, 2.75) is 20.6 Å². The van der Waals surface area contributed by atoms with Gasteiger partial charge in [0, 0.05) is 18.5 Å². The lowest BCUT2D eigenvalue weighted by molar-refractivity contribution is 1.00. The number of aromatic nitrogens is 2. The van der Waals surface area contributed by atoms with Gasteiger partial charge in [-0.25, -0.2) is 0 Å². The number of nitrogens with zero attached hydrogens (tertiary/aromatic N) is 2. The molecule has 0 aliphatic carbocycles. The van der Waals surface area contributed by atoms with Crippen LogP contribution < -0.4 is 0 Å². The minimum Gasteiger partial charge on any atom is -0.258 e. The summed E-state index contributed by atoms with van der Waals surface area (Å²) in [5, 5.41) is 0. The summed E-state index contributed by atoms with van der Waals surface area (Å²) >= 11 is 0. The number of hydrogen-bond acceptors (Lipinski definition) is 2. The highest BCUT2D eigenvalue weighted by Crippen LogP contribution is 1.98. The highest BCUT2D eigenvalue weighted by molar-refractivity contribution is 5.09. The van der Waals surface area contributed by atoms with E-state index in [1.807, 2.05) is 0 Å². The van der Waals surface area contributed by atoms with Crippen molar-refractivity contribution in [1.82, 2.24) is 9.97 Å². The maximum absolute atomic E-state index is 7.19. The molecule has 1 heterocycles. The molecule has 0 bridgehead atoms. The van der Waals surface area contributed by atoms with Gasteiger partial charge in [0.1, 0.15) is 0 Å². The topological polar surface area (TPSA) is 25.8 Å². The van der Waals surface area contributed by atoms with Crippen LogP contribution in [-0.4, -0.2) is 9.97 Å².